The van der Waals surface area contributed by atoms with Gasteiger partial charge in [-0.3, -0.25) is 4.98 Å². The Kier molecular flexibility index (Phi) is 10.2. The minimum atomic E-state index is -0.869. The van der Waals surface area contributed by atoms with E-state index in [2.05, 4.69) is 107 Å². The zero-order chi connectivity index (χ0) is 38.1. The van der Waals surface area contributed by atoms with E-state index in [-0.39, 0.29) is 20.1 Å². The number of hydrogen-bond acceptors (Lipinski definition) is 3. The molecule has 1 radical (unpaired) electrons. The SMILES string of the molecule is [2H]C(C)(C)c1cc(-c2ccccc2)ccc1-n1c(-c2[c-]ccc3c2oc2cc(-c4ccccc4)ccc23)nc2ccccc21.[Ir].[c-]1ccccc1-c1ccccn1. The van der Waals surface area contributed by atoms with Crippen LogP contribution in [0, 0.1) is 12.1 Å². The molecule has 0 amide bonds. The van der Waals surface area contributed by atoms with Gasteiger partial charge in [0, 0.05) is 38.7 Å². The maximum absolute atomic E-state index is 9.19. The molecule has 0 spiro atoms. The van der Waals surface area contributed by atoms with Crippen LogP contribution in [0.1, 0.15) is 26.7 Å². The van der Waals surface area contributed by atoms with Crippen LogP contribution in [0.3, 0.4) is 0 Å². The quantitative estimate of drug-likeness (QED) is 0.156. The Hall–Kier alpha value is -6.39. The van der Waals surface area contributed by atoms with Gasteiger partial charge in [0.2, 0.25) is 0 Å². The van der Waals surface area contributed by atoms with Gasteiger partial charge < -0.3 is 14.0 Å². The number of pyridine rings is 1. The molecule has 0 aliphatic heterocycles. The van der Waals surface area contributed by atoms with Gasteiger partial charge >= 0.3 is 0 Å². The molecule has 0 fully saturated rings. The predicted molar refractivity (Wildman–Crippen MR) is 226 cm³/mol. The molecule has 7 aromatic carbocycles. The van der Waals surface area contributed by atoms with Crippen LogP contribution in [0.25, 0.3) is 83.6 Å². The van der Waals surface area contributed by atoms with Crippen molar-refractivity contribution in [1.29, 1.82) is 0 Å². The van der Waals surface area contributed by atoms with E-state index in [1.54, 1.807) is 6.20 Å². The number of hydrogen-bond donors (Lipinski definition) is 0. The number of benzene rings is 7. The van der Waals surface area contributed by atoms with Crippen molar-refractivity contribution in [2.45, 2.75) is 19.7 Å². The third-order valence-corrected chi connectivity index (χ3v) is 9.86. The van der Waals surface area contributed by atoms with Crippen molar-refractivity contribution in [3.8, 4) is 50.6 Å². The number of nitrogens with zero attached hydrogens (tertiary/aromatic N) is 3. The number of furan rings is 1. The Morgan fingerprint density at radius 1 is 0.625 bits per heavy atom. The van der Waals surface area contributed by atoms with Crippen molar-refractivity contribution in [2.24, 2.45) is 0 Å². The van der Waals surface area contributed by atoms with Crippen molar-refractivity contribution in [1.82, 2.24) is 14.5 Å². The van der Waals surface area contributed by atoms with Crippen molar-refractivity contribution in [3.63, 3.8) is 0 Å². The second-order valence-corrected chi connectivity index (χ2v) is 13.6. The van der Waals surface area contributed by atoms with E-state index in [0.717, 1.165) is 89.1 Å². The molecule has 0 N–H and O–H groups in total. The first-order valence-electron chi connectivity index (χ1n) is 18.9. The summed E-state index contributed by atoms with van der Waals surface area (Å²) in [7, 11) is 0. The normalized spacial score (nSPS) is 11.5. The van der Waals surface area contributed by atoms with E-state index in [0.29, 0.717) is 0 Å². The standard InChI is InChI=1S/C40H29N2O.C11H8N.Ir/c1-26(2)34-24-29(27-12-5-3-6-13-27)21-23-36(34)42-37-19-10-9-18-35(37)41-40(42)33-17-11-16-32-31-22-20-30(25-38(31)43-39(32)33)28-14-7-4-8-15-28;1-2-6-10(7-3-1)11-8-4-5-9-12-11;/h3-16,18-26H,1-2H3;1-6,8-9H;/q2*-1;/i26D;;. The molecule has 0 unspecified atom stereocenters. The van der Waals surface area contributed by atoms with Gasteiger partial charge in [-0.1, -0.05) is 128 Å². The van der Waals surface area contributed by atoms with Crippen molar-refractivity contribution >= 4 is 33.0 Å². The van der Waals surface area contributed by atoms with E-state index in [1.165, 1.54) is 0 Å². The molecule has 4 nitrogen and oxygen atoms in total. The summed E-state index contributed by atoms with van der Waals surface area (Å²) in [5.74, 6) is -0.136. The first-order valence-corrected chi connectivity index (χ1v) is 18.4. The number of para-hydroxylation sites is 2. The van der Waals surface area contributed by atoms with Gasteiger partial charge in [-0.05, 0) is 75.8 Å². The topological polar surface area (TPSA) is 43.9 Å². The summed E-state index contributed by atoms with van der Waals surface area (Å²) in [4.78, 5) is 9.38. The molecule has 0 saturated carbocycles. The number of fused-ring (bicyclic) bond motifs is 4. The maximum Gasteiger partial charge on any atom is 0.121 e. The first-order chi connectivity index (χ1) is 27.4. The summed E-state index contributed by atoms with van der Waals surface area (Å²) in [6.45, 7) is 3.88. The second kappa shape index (κ2) is 16.1. The molecule has 3 heterocycles. The largest absolute Gasteiger partial charge is 0.501 e. The van der Waals surface area contributed by atoms with E-state index in [9.17, 15) is 1.37 Å². The van der Waals surface area contributed by atoms with Gasteiger partial charge in [0.15, 0.2) is 0 Å². The van der Waals surface area contributed by atoms with Crippen molar-refractivity contribution in [2.75, 3.05) is 0 Å². The van der Waals surface area contributed by atoms with E-state index in [4.69, 9.17) is 9.40 Å². The number of rotatable bonds is 6. The van der Waals surface area contributed by atoms with Crippen LogP contribution in [0.2, 0.25) is 0 Å². The summed E-state index contributed by atoms with van der Waals surface area (Å²) in [5, 5.41) is 2.07. The smallest absolute Gasteiger partial charge is 0.121 e. The summed E-state index contributed by atoms with van der Waals surface area (Å²) in [6, 6.07) is 65.9. The van der Waals surface area contributed by atoms with Gasteiger partial charge in [-0.2, -0.15) is 0 Å². The van der Waals surface area contributed by atoms with E-state index < -0.39 is 5.89 Å². The Labute approximate surface area is 341 Å². The van der Waals surface area contributed by atoms with Crippen LogP contribution in [0.15, 0.2) is 187 Å². The summed E-state index contributed by atoms with van der Waals surface area (Å²) in [6.07, 6.45) is 1.79. The van der Waals surface area contributed by atoms with E-state index >= 15 is 0 Å². The second-order valence-electron chi connectivity index (χ2n) is 13.6. The fraction of sp³-hybridized carbons (Fsp3) is 0.0588. The van der Waals surface area contributed by atoms with Gasteiger partial charge in [-0.25, -0.2) is 0 Å². The maximum atomic E-state index is 9.19. The average Bonchev–Trinajstić information content (AvgIpc) is 3.83. The molecule has 0 bridgehead atoms. The molecular weight excluding hydrogens is 863 g/mol. The Morgan fingerprint density at radius 2 is 1.32 bits per heavy atom. The Morgan fingerprint density at radius 3 is 2.04 bits per heavy atom. The van der Waals surface area contributed by atoms with Crippen LogP contribution < -0.4 is 0 Å². The molecule has 0 saturated heterocycles. The first kappa shape index (κ1) is 35.3. The van der Waals surface area contributed by atoms with Gasteiger partial charge in [0.05, 0.1) is 22.4 Å². The molecule has 3 aromatic heterocycles. The molecule has 56 heavy (non-hydrogen) atoms. The van der Waals surface area contributed by atoms with Crippen LogP contribution in [-0.2, 0) is 20.1 Å². The van der Waals surface area contributed by atoms with Crippen molar-refractivity contribution in [3.05, 3.63) is 200 Å². The molecule has 10 rings (SSSR count). The number of aromatic nitrogens is 3. The zero-order valence-electron chi connectivity index (χ0n) is 31.9. The third kappa shape index (κ3) is 7.11. The minimum Gasteiger partial charge on any atom is -0.501 e. The van der Waals surface area contributed by atoms with E-state index in [1.807, 2.05) is 105 Å². The Balaban J connectivity index is 0.000000300. The van der Waals surface area contributed by atoms with Crippen LogP contribution in [-0.4, -0.2) is 14.5 Å². The molecule has 5 heteroatoms. The minimum absolute atomic E-state index is 0. The molecule has 10 aromatic rings. The summed E-state index contributed by atoms with van der Waals surface area (Å²) < 4.78 is 18.0. The van der Waals surface area contributed by atoms with Crippen LogP contribution >= 0.6 is 0 Å². The summed E-state index contributed by atoms with van der Waals surface area (Å²) >= 11 is 0. The molecule has 0 aliphatic carbocycles. The monoisotopic (exact) mass is 901 g/mol. The Bertz CT molecular complexity index is 2900. The van der Waals surface area contributed by atoms with Crippen molar-refractivity contribution < 1.29 is 25.9 Å². The third-order valence-electron chi connectivity index (χ3n) is 9.86. The molecular formula is C51H37IrN3O-2. The predicted octanol–water partition coefficient (Wildman–Crippen LogP) is 13.4. The van der Waals surface area contributed by atoms with Crippen LogP contribution in [0.5, 0.6) is 0 Å². The molecule has 273 valence electrons. The fourth-order valence-electron chi connectivity index (χ4n) is 7.17. The van der Waals surface area contributed by atoms with Gasteiger partial charge in [-0.15, -0.1) is 54.1 Å². The van der Waals surface area contributed by atoms with Gasteiger partial charge in [0.1, 0.15) is 5.58 Å². The summed E-state index contributed by atoms with van der Waals surface area (Å²) in [5.41, 5.74) is 12.5. The fourth-order valence-corrected chi connectivity index (χ4v) is 7.17. The number of imidazole rings is 1. The average molecular weight is 901 g/mol. The van der Waals surface area contributed by atoms with Gasteiger partial charge in [0.25, 0.3) is 0 Å². The molecule has 0 aliphatic rings. The van der Waals surface area contributed by atoms with Crippen LogP contribution in [0.4, 0.5) is 0 Å². The molecule has 0 atom stereocenters. The zero-order valence-corrected chi connectivity index (χ0v) is 33.3.